The maximum Gasteiger partial charge on any atom is 0.305 e. The van der Waals surface area contributed by atoms with Gasteiger partial charge in [0.25, 0.3) is 0 Å². The van der Waals surface area contributed by atoms with Gasteiger partial charge in [-0.15, -0.1) is 0 Å². The van der Waals surface area contributed by atoms with Gasteiger partial charge in [-0.3, -0.25) is 9.59 Å². The van der Waals surface area contributed by atoms with Gasteiger partial charge in [-0.05, 0) is 57.8 Å². The Balaban J connectivity index is 3.35. The van der Waals surface area contributed by atoms with Gasteiger partial charge in [0.15, 0.2) is 0 Å². The minimum atomic E-state index is -0.663. The van der Waals surface area contributed by atoms with Crippen molar-refractivity contribution >= 4 is 11.9 Å². The zero-order valence-corrected chi connectivity index (χ0v) is 61.4. The first-order valence-corrected chi connectivity index (χ1v) is 41.6. The lowest BCUT2D eigenvalue weighted by Gasteiger charge is -2.22. The monoisotopic (exact) mass is 1270 g/mol. The van der Waals surface area contributed by atoms with Crippen LogP contribution in [0, 0.1) is 0 Å². The zero-order chi connectivity index (χ0) is 64.9. The minimum Gasteiger partial charge on any atom is -0.466 e. The lowest BCUT2D eigenvalue weighted by atomic mass is 10.0. The van der Waals surface area contributed by atoms with Gasteiger partial charge in [-0.1, -0.05) is 430 Å². The fraction of sp³-hybridized carbons (Fsp3) is 0.929. The molecule has 534 valence electrons. The Kier molecular flexibility index (Phi) is 78.3. The second kappa shape index (κ2) is 79.8. The van der Waals surface area contributed by atoms with Gasteiger partial charge in [0.05, 0.1) is 25.4 Å². The summed E-state index contributed by atoms with van der Waals surface area (Å²) < 4.78 is 5.51. The number of carbonyl (C=O) groups excluding carboxylic acids is 2. The molecule has 2 unspecified atom stereocenters. The number of rotatable bonds is 79. The van der Waals surface area contributed by atoms with Gasteiger partial charge in [-0.2, -0.15) is 0 Å². The molecule has 0 bridgehead atoms. The van der Waals surface area contributed by atoms with Gasteiger partial charge < -0.3 is 20.3 Å². The number of unbranched alkanes of at least 4 members (excludes halogenated alkanes) is 64. The van der Waals surface area contributed by atoms with E-state index >= 15 is 0 Å². The van der Waals surface area contributed by atoms with Crippen LogP contribution < -0.4 is 5.32 Å². The normalized spacial score (nSPS) is 12.5. The molecule has 0 rings (SSSR count). The van der Waals surface area contributed by atoms with E-state index in [9.17, 15) is 19.8 Å². The molecule has 3 N–H and O–H groups in total. The predicted octanol–water partition coefficient (Wildman–Crippen LogP) is 27.6. The van der Waals surface area contributed by atoms with Crippen LogP contribution in [0.1, 0.15) is 476 Å². The van der Waals surface area contributed by atoms with E-state index in [1.807, 2.05) is 0 Å². The number of aliphatic hydroxyl groups excluding tert-OH is 2. The van der Waals surface area contributed by atoms with Crippen molar-refractivity contribution in [3.8, 4) is 0 Å². The molecule has 0 aliphatic carbocycles. The third-order valence-corrected chi connectivity index (χ3v) is 19.8. The molecule has 0 heterocycles. The van der Waals surface area contributed by atoms with Crippen LogP contribution in [-0.4, -0.2) is 47.4 Å². The lowest BCUT2D eigenvalue weighted by molar-refractivity contribution is -0.143. The van der Waals surface area contributed by atoms with E-state index in [-0.39, 0.29) is 18.5 Å². The summed E-state index contributed by atoms with van der Waals surface area (Å²) >= 11 is 0. The number of nitrogens with one attached hydrogen (secondary N) is 1. The number of allylic oxidation sites excluding steroid dienone is 4. The highest BCUT2D eigenvalue weighted by molar-refractivity contribution is 5.76. The van der Waals surface area contributed by atoms with Crippen molar-refractivity contribution in [1.82, 2.24) is 5.32 Å². The number of hydrogen-bond acceptors (Lipinski definition) is 5. The summed E-state index contributed by atoms with van der Waals surface area (Å²) in [5, 5.41) is 23.4. The molecule has 2 atom stereocenters. The molecule has 0 aromatic heterocycles. The molecule has 0 aromatic carbocycles. The first-order chi connectivity index (χ1) is 44.5. The predicted molar refractivity (Wildman–Crippen MR) is 398 cm³/mol. The Bertz CT molecular complexity index is 1410. The molecule has 0 fully saturated rings. The number of aliphatic hydroxyl groups is 2. The third kappa shape index (κ3) is 75.4. The molecule has 6 heteroatoms. The summed E-state index contributed by atoms with van der Waals surface area (Å²) in [7, 11) is 0. The van der Waals surface area contributed by atoms with Gasteiger partial charge in [0.1, 0.15) is 0 Å². The van der Waals surface area contributed by atoms with Crippen LogP contribution in [0.25, 0.3) is 0 Å². The van der Waals surface area contributed by atoms with Crippen molar-refractivity contribution in [3.05, 3.63) is 24.3 Å². The van der Waals surface area contributed by atoms with E-state index in [1.165, 1.54) is 398 Å². The molecule has 0 saturated heterocycles. The smallest absolute Gasteiger partial charge is 0.305 e. The summed E-state index contributed by atoms with van der Waals surface area (Å²) in [6.45, 7) is 5.01. The molecule has 0 radical (unpaired) electrons. The maximum absolute atomic E-state index is 12.6. The van der Waals surface area contributed by atoms with E-state index in [4.69, 9.17) is 4.74 Å². The summed E-state index contributed by atoms with van der Waals surface area (Å²) in [6.07, 6.45) is 103. The lowest BCUT2D eigenvalue weighted by Crippen LogP contribution is -2.45. The molecule has 1 amide bonds. The van der Waals surface area contributed by atoms with Crippen LogP contribution in [0.3, 0.4) is 0 Å². The minimum absolute atomic E-state index is 0.0239. The highest BCUT2D eigenvalue weighted by Crippen LogP contribution is 2.20. The molecular formula is C84H163NO5. The number of ether oxygens (including phenoxy) is 1. The van der Waals surface area contributed by atoms with Crippen molar-refractivity contribution in [2.24, 2.45) is 0 Å². The second-order valence-electron chi connectivity index (χ2n) is 28.8. The molecular weight excluding hydrogens is 1100 g/mol. The molecule has 6 nitrogen and oxygen atoms in total. The summed E-state index contributed by atoms with van der Waals surface area (Å²) in [4.78, 5) is 24.7. The standard InChI is InChI=1S/C84H163NO5/c1-3-5-7-9-11-13-15-17-19-21-41-45-48-52-56-60-64-68-72-76-82(87)81(80-86)85-83(88)77-73-69-65-61-57-53-49-46-42-39-37-35-33-31-29-27-25-23-22-24-26-28-30-32-34-36-38-40-43-47-51-55-59-63-67-71-75-79-90-84(89)78-74-70-66-62-58-54-50-44-20-18-16-14-12-10-8-6-4-2/h22,24,28,30,81-82,86-87H,3-21,23,25-27,29,31-80H2,1-2H3,(H,85,88)/b24-22-,30-28-. The van der Waals surface area contributed by atoms with Crippen molar-refractivity contribution in [3.63, 3.8) is 0 Å². The number of hydrogen-bond donors (Lipinski definition) is 3. The van der Waals surface area contributed by atoms with E-state index in [0.29, 0.717) is 25.9 Å². The Labute approximate surface area is 564 Å². The molecule has 0 aliphatic rings. The Morgan fingerprint density at radius 1 is 0.311 bits per heavy atom. The van der Waals surface area contributed by atoms with Crippen molar-refractivity contribution < 1.29 is 24.5 Å². The van der Waals surface area contributed by atoms with Crippen LogP contribution in [-0.2, 0) is 14.3 Å². The first kappa shape index (κ1) is 88.3. The SMILES string of the molecule is CCCCCCCCCCCCCCCCCCCCCC(O)C(CO)NC(=O)CCCCCCCCCCCCCCCCCCC/C=C\C/C=C\CCCCCCCCCCCCCCCOC(=O)CCCCCCCCCCCCCCCCCCC. The number of carbonyl (C=O) groups is 2. The van der Waals surface area contributed by atoms with E-state index in [1.54, 1.807) is 0 Å². The van der Waals surface area contributed by atoms with Crippen molar-refractivity contribution in [1.29, 1.82) is 0 Å². The van der Waals surface area contributed by atoms with Crippen LogP contribution in [0.2, 0.25) is 0 Å². The highest BCUT2D eigenvalue weighted by Gasteiger charge is 2.20. The van der Waals surface area contributed by atoms with Crippen molar-refractivity contribution in [2.45, 2.75) is 488 Å². The van der Waals surface area contributed by atoms with E-state index < -0.39 is 12.1 Å². The molecule has 0 spiro atoms. The number of amides is 1. The molecule has 0 aromatic rings. The van der Waals surface area contributed by atoms with E-state index in [0.717, 1.165) is 44.9 Å². The van der Waals surface area contributed by atoms with Gasteiger partial charge >= 0.3 is 5.97 Å². The van der Waals surface area contributed by atoms with Gasteiger partial charge in [0, 0.05) is 12.8 Å². The fourth-order valence-corrected chi connectivity index (χ4v) is 13.4. The van der Waals surface area contributed by atoms with Crippen LogP contribution in [0.5, 0.6) is 0 Å². The summed E-state index contributed by atoms with van der Waals surface area (Å²) in [5.74, 6) is -0.00333. The zero-order valence-electron chi connectivity index (χ0n) is 61.4. The second-order valence-corrected chi connectivity index (χ2v) is 28.8. The Morgan fingerprint density at radius 3 is 0.844 bits per heavy atom. The van der Waals surface area contributed by atoms with Gasteiger partial charge in [0.2, 0.25) is 5.91 Å². The van der Waals surface area contributed by atoms with Crippen molar-refractivity contribution in [2.75, 3.05) is 13.2 Å². The Morgan fingerprint density at radius 2 is 0.556 bits per heavy atom. The molecule has 0 aliphatic heterocycles. The largest absolute Gasteiger partial charge is 0.466 e. The topological polar surface area (TPSA) is 95.9 Å². The van der Waals surface area contributed by atoms with Gasteiger partial charge in [-0.25, -0.2) is 0 Å². The maximum atomic E-state index is 12.6. The Hall–Kier alpha value is -1.66. The van der Waals surface area contributed by atoms with Crippen LogP contribution in [0.4, 0.5) is 0 Å². The average Bonchev–Trinajstić information content (AvgIpc) is 3.57. The van der Waals surface area contributed by atoms with Crippen LogP contribution in [0.15, 0.2) is 24.3 Å². The highest BCUT2D eigenvalue weighted by atomic mass is 16.5. The third-order valence-electron chi connectivity index (χ3n) is 19.8. The van der Waals surface area contributed by atoms with E-state index in [2.05, 4.69) is 43.5 Å². The average molecular weight is 1270 g/mol. The van der Waals surface area contributed by atoms with Crippen LogP contribution >= 0.6 is 0 Å². The summed E-state index contributed by atoms with van der Waals surface area (Å²) in [5.41, 5.74) is 0. The molecule has 90 heavy (non-hydrogen) atoms. The number of esters is 1. The first-order valence-electron chi connectivity index (χ1n) is 41.6. The molecule has 0 saturated carbocycles. The fourth-order valence-electron chi connectivity index (χ4n) is 13.4. The quantitative estimate of drug-likeness (QED) is 0.0320. The summed E-state index contributed by atoms with van der Waals surface area (Å²) in [6, 6.07) is -0.540.